The molecule has 2 aromatic rings. The van der Waals surface area contributed by atoms with E-state index in [0.717, 1.165) is 22.3 Å². The molecule has 1 unspecified atom stereocenters. The predicted octanol–water partition coefficient (Wildman–Crippen LogP) is 4.70. The van der Waals surface area contributed by atoms with Crippen molar-refractivity contribution in [2.45, 2.75) is 65.0 Å². The maximum atomic E-state index is 13.0. The van der Waals surface area contributed by atoms with Crippen molar-refractivity contribution in [3.8, 4) is 11.1 Å². The van der Waals surface area contributed by atoms with Crippen molar-refractivity contribution in [3.63, 3.8) is 0 Å². The van der Waals surface area contributed by atoms with Gasteiger partial charge in [0.2, 0.25) is 5.91 Å². The van der Waals surface area contributed by atoms with Gasteiger partial charge in [-0.2, -0.15) is 0 Å². The lowest BCUT2D eigenvalue weighted by Crippen LogP contribution is -2.55. The molecule has 0 radical (unpaired) electrons. The van der Waals surface area contributed by atoms with Crippen LogP contribution in [0.2, 0.25) is 0 Å². The fourth-order valence-electron chi connectivity index (χ4n) is 4.39. The zero-order chi connectivity index (χ0) is 24.9. The van der Waals surface area contributed by atoms with Gasteiger partial charge in [-0.1, -0.05) is 76.2 Å². The number of hydrogen-bond acceptors (Lipinski definition) is 4. The second-order valence-corrected chi connectivity index (χ2v) is 9.82. The van der Waals surface area contributed by atoms with Crippen LogP contribution in [0.1, 0.15) is 64.0 Å². The molecule has 1 aliphatic rings. The highest BCUT2D eigenvalue weighted by Gasteiger charge is 2.35. The number of carboxylic acids is 1. The van der Waals surface area contributed by atoms with E-state index in [9.17, 15) is 14.4 Å². The number of fused-ring (bicyclic) bond motifs is 3. The van der Waals surface area contributed by atoms with E-state index in [0.29, 0.717) is 12.8 Å². The molecule has 2 atom stereocenters. The summed E-state index contributed by atoms with van der Waals surface area (Å²) in [7, 11) is 0. The lowest BCUT2D eigenvalue weighted by molar-refractivity contribution is -0.137. The van der Waals surface area contributed by atoms with Crippen molar-refractivity contribution >= 4 is 18.0 Å². The van der Waals surface area contributed by atoms with Crippen molar-refractivity contribution in [3.05, 3.63) is 59.7 Å². The van der Waals surface area contributed by atoms with Crippen LogP contribution in [0.15, 0.2) is 48.5 Å². The second-order valence-electron chi connectivity index (χ2n) is 9.82. The van der Waals surface area contributed by atoms with E-state index in [4.69, 9.17) is 9.84 Å². The molecule has 3 N–H and O–H groups in total. The largest absolute Gasteiger partial charge is 0.481 e. The average molecular weight is 467 g/mol. The summed E-state index contributed by atoms with van der Waals surface area (Å²) in [6, 6.07) is 15.1. The topological polar surface area (TPSA) is 105 Å². The molecule has 3 rings (SSSR count). The van der Waals surface area contributed by atoms with Crippen LogP contribution in [0.25, 0.3) is 11.1 Å². The van der Waals surface area contributed by atoms with Crippen molar-refractivity contribution in [1.82, 2.24) is 10.6 Å². The standard InChI is InChI=1S/C27H34N2O5/c1-5-17(14-15-23(30)31)28-25(32)24(27(2,3)4)29-26(33)34-16-22-20-12-8-6-10-18(20)19-11-7-9-13-21(19)22/h6-13,17,22,24H,5,14-16H2,1-4H3,(H,28,32)(H,29,33)(H,30,31)/t17?,24-/m1/s1. The van der Waals surface area contributed by atoms with E-state index >= 15 is 0 Å². The Labute approximate surface area is 200 Å². The molecule has 2 aromatic carbocycles. The Morgan fingerprint density at radius 2 is 1.53 bits per heavy atom. The van der Waals surface area contributed by atoms with Crippen LogP contribution in [-0.4, -0.2) is 41.8 Å². The van der Waals surface area contributed by atoms with Crippen LogP contribution in [-0.2, 0) is 14.3 Å². The van der Waals surface area contributed by atoms with Gasteiger partial charge in [-0.25, -0.2) is 4.79 Å². The molecule has 2 amide bonds. The highest BCUT2D eigenvalue weighted by Crippen LogP contribution is 2.44. The summed E-state index contributed by atoms with van der Waals surface area (Å²) in [5.74, 6) is -1.32. The number of nitrogens with one attached hydrogen (secondary N) is 2. The number of benzene rings is 2. The summed E-state index contributed by atoms with van der Waals surface area (Å²) in [5.41, 5.74) is 3.95. The number of rotatable bonds is 9. The van der Waals surface area contributed by atoms with E-state index in [-0.39, 0.29) is 30.9 Å². The van der Waals surface area contributed by atoms with Gasteiger partial charge in [-0.05, 0) is 40.5 Å². The minimum atomic E-state index is -0.906. The van der Waals surface area contributed by atoms with Crippen LogP contribution < -0.4 is 10.6 Å². The highest BCUT2D eigenvalue weighted by atomic mass is 16.5. The number of carboxylic acid groups (broad SMARTS) is 1. The van der Waals surface area contributed by atoms with Crippen LogP contribution in [0.5, 0.6) is 0 Å². The number of carbonyl (C=O) groups is 3. The normalized spacial score (nSPS) is 14.5. The third-order valence-electron chi connectivity index (χ3n) is 6.28. The zero-order valence-electron chi connectivity index (χ0n) is 20.3. The molecule has 0 aromatic heterocycles. The Morgan fingerprint density at radius 3 is 2.03 bits per heavy atom. The first-order valence-corrected chi connectivity index (χ1v) is 11.8. The van der Waals surface area contributed by atoms with E-state index in [1.54, 1.807) is 0 Å². The molecule has 34 heavy (non-hydrogen) atoms. The Hall–Kier alpha value is -3.35. The molecule has 0 aliphatic heterocycles. The van der Waals surface area contributed by atoms with Gasteiger partial charge in [0.1, 0.15) is 12.6 Å². The van der Waals surface area contributed by atoms with Gasteiger partial charge in [0.25, 0.3) is 0 Å². The molecule has 0 saturated heterocycles. The number of alkyl carbamates (subject to hydrolysis) is 1. The molecule has 0 spiro atoms. The third kappa shape index (κ3) is 5.95. The summed E-state index contributed by atoms with van der Waals surface area (Å²) >= 11 is 0. The monoisotopic (exact) mass is 466 g/mol. The van der Waals surface area contributed by atoms with Gasteiger partial charge in [0.05, 0.1) is 0 Å². The maximum Gasteiger partial charge on any atom is 0.407 e. The first kappa shape index (κ1) is 25.3. The average Bonchev–Trinajstić information content (AvgIpc) is 3.11. The zero-order valence-corrected chi connectivity index (χ0v) is 20.3. The first-order valence-electron chi connectivity index (χ1n) is 11.8. The first-order chi connectivity index (χ1) is 16.1. The molecule has 1 aliphatic carbocycles. The van der Waals surface area contributed by atoms with Crippen LogP contribution in [0.3, 0.4) is 0 Å². The Kier molecular flexibility index (Phi) is 7.97. The van der Waals surface area contributed by atoms with Crippen LogP contribution in [0.4, 0.5) is 4.79 Å². The molecular weight excluding hydrogens is 432 g/mol. The minimum absolute atomic E-state index is 0.0290. The van der Waals surface area contributed by atoms with Gasteiger partial charge in [0, 0.05) is 18.4 Å². The third-order valence-corrected chi connectivity index (χ3v) is 6.28. The summed E-state index contributed by atoms with van der Waals surface area (Å²) < 4.78 is 5.62. The van der Waals surface area contributed by atoms with Gasteiger partial charge in [0.15, 0.2) is 0 Å². The van der Waals surface area contributed by atoms with Crippen LogP contribution >= 0.6 is 0 Å². The molecule has 0 bridgehead atoms. The number of carbonyl (C=O) groups excluding carboxylic acids is 2. The number of ether oxygens (including phenoxy) is 1. The number of hydrogen-bond donors (Lipinski definition) is 3. The molecule has 7 heteroatoms. The Bertz CT molecular complexity index is 998. The minimum Gasteiger partial charge on any atom is -0.481 e. The molecule has 0 fully saturated rings. The summed E-state index contributed by atoms with van der Waals surface area (Å²) in [5, 5.41) is 14.6. The highest BCUT2D eigenvalue weighted by molar-refractivity contribution is 5.86. The van der Waals surface area contributed by atoms with Crippen molar-refractivity contribution in [2.75, 3.05) is 6.61 Å². The number of aliphatic carboxylic acids is 1. The fourth-order valence-corrected chi connectivity index (χ4v) is 4.39. The lowest BCUT2D eigenvalue weighted by Gasteiger charge is -2.31. The smallest absolute Gasteiger partial charge is 0.407 e. The Balaban J connectivity index is 1.66. The van der Waals surface area contributed by atoms with Crippen molar-refractivity contribution in [2.24, 2.45) is 5.41 Å². The van der Waals surface area contributed by atoms with Gasteiger partial charge in [-0.3, -0.25) is 9.59 Å². The molecular formula is C27H34N2O5. The fraction of sp³-hybridized carbons (Fsp3) is 0.444. The predicted molar refractivity (Wildman–Crippen MR) is 131 cm³/mol. The quantitative estimate of drug-likeness (QED) is 0.497. The van der Waals surface area contributed by atoms with Gasteiger partial charge >= 0.3 is 12.1 Å². The van der Waals surface area contributed by atoms with Crippen molar-refractivity contribution < 1.29 is 24.2 Å². The SMILES string of the molecule is CCC(CCC(=O)O)NC(=O)[C@@H](NC(=O)OCC1c2ccccc2-c2ccccc21)C(C)(C)C. The molecule has 7 nitrogen and oxygen atoms in total. The summed E-state index contributed by atoms with van der Waals surface area (Å²) in [4.78, 5) is 36.7. The molecule has 0 heterocycles. The van der Waals surface area contributed by atoms with E-state index in [1.807, 2.05) is 52.0 Å². The number of amides is 2. The summed E-state index contributed by atoms with van der Waals surface area (Å²) in [6.45, 7) is 7.63. The van der Waals surface area contributed by atoms with Gasteiger partial charge in [-0.15, -0.1) is 0 Å². The van der Waals surface area contributed by atoms with Crippen molar-refractivity contribution in [1.29, 1.82) is 0 Å². The van der Waals surface area contributed by atoms with E-state index in [2.05, 4.69) is 34.9 Å². The van der Waals surface area contributed by atoms with E-state index < -0.39 is 23.5 Å². The van der Waals surface area contributed by atoms with Gasteiger partial charge < -0.3 is 20.5 Å². The Morgan fingerprint density at radius 1 is 0.971 bits per heavy atom. The summed E-state index contributed by atoms with van der Waals surface area (Å²) in [6.07, 6.45) is 0.245. The maximum absolute atomic E-state index is 13.0. The van der Waals surface area contributed by atoms with Crippen LogP contribution in [0, 0.1) is 5.41 Å². The lowest BCUT2D eigenvalue weighted by atomic mass is 9.86. The van der Waals surface area contributed by atoms with E-state index in [1.165, 1.54) is 0 Å². The molecule has 182 valence electrons. The molecule has 0 saturated carbocycles. The second kappa shape index (κ2) is 10.7.